The maximum Gasteiger partial charge on any atom is 0.333 e. The highest BCUT2D eigenvalue weighted by molar-refractivity contribution is 5.88. The van der Waals surface area contributed by atoms with Crippen LogP contribution in [0.4, 0.5) is 0 Å². The molecule has 0 amide bonds. The molecule has 4 unspecified atom stereocenters. The lowest BCUT2D eigenvalue weighted by Gasteiger charge is -2.74. The minimum absolute atomic E-state index is 0.0506. The first-order valence-corrected chi connectivity index (χ1v) is 19.8. The van der Waals surface area contributed by atoms with Crippen LogP contribution in [0.15, 0.2) is 48.1 Å². The van der Waals surface area contributed by atoms with Crippen LogP contribution < -0.4 is 0 Å². The topological polar surface area (TPSA) is 102 Å². The highest BCUT2D eigenvalue weighted by atomic mass is 16.6. The molecule has 7 heteroatoms. The predicted molar refractivity (Wildman–Crippen MR) is 195 cm³/mol. The van der Waals surface area contributed by atoms with Gasteiger partial charge in [0.25, 0.3) is 0 Å². The molecule has 6 saturated carbocycles. The molecule has 0 radical (unpaired) electrons. The molecule has 15 atom stereocenters. The molecule has 1 aromatic carbocycles. The molecule has 7 aliphatic rings. The van der Waals surface area contributed by atoms with Crippen molar-refractivity contribution in [2.45, 2.75) is 143 Å². The number of rotatable bonds is 5. The van der Waals surface area contributed by atoms with Gasteiger partial charge in [0.2, 0.25) is 0 Å². The van der Waals surface area contributed by atoms with Crippen molar-refractivity contribution < 1.29 is 34.0 Å². The van der Waals surface area contributed by atoms with Crippen molar-refractivity contribution in [3.8, 4) is 0 Å². The number of carbonyl (C=O) groups is 2. The summed E-state index contributed by atoms with van der Waals surface area (Å²) in [7, 11) is 0. The molecule has 2 spiro atoms. The van der Waals surface area contributed by atoms with Gasteiger partial charge in [-0.15, -0.1) is 0 Å². The van der Waals surface area contributed by atoms with Crippen LogP contribution in [0, 0.1) is 56.7 Å². The van der Waals surface area contributed by atoms with Crippen LogP contribution in [0.2, 0.25) is 0 Å². The average Bonchev–Trinajstić information content (AvgIpc) is 3.36. The summed E-state index contributed by atoms with van der Waals surface area (Å²) in [5, 5.41) is 24.1. The number of allylic oxidation sites excluding steroid dienone is 1. The average molecular weight is 701 g/mol. The summed E-state index contributed by atoms with van der Waals surface area (Å²) in [5.41, 5.74) is -0.424. The second-order valence-electron chi connectivity index (χ2n) is 19.2. The highest BCUT2D eigenvalue weighted by Crippen LogP contribution is 2.83. The van der Waals surface area contributed by atoms with Gasteiger partial charge in [0, 0.05) is 28.9 Å². The van der Waals surface area contributed by atoms with Crippen molar-refractivity contribution in [1.29, 1.82) is 0 Å². The lowest BCUT2D eigenvalue weighted by Crippen LogP contribution is -2.74. The minimum Gasteiger partial charge on any atom is -0.455 e. The van der Waals surface area contributed by atoms with E-state index < -0.39 is 47.4 Å². The van der Waals surface area contributed by atoms with Gasteiger partial charge in [-0.1, -0.05) is 78.0 Å². The predicted octanol–water partition coefficient (Wildman–Crippen LogP) is 7.68. The molecule has 8 rings (SSSR count). The highest BCUT2D eigenvalue weighted by Gasteiger charge is 2.88. The molecule has 278 valence electrons. The van der Waals surface area contributed by atoms with Crippen LogP contribution in [0.5, 0.6) is 0 Å². The number of ether oxygens (including phenoxy) is 3. The summed E-state index contributed by atoms with van der Waals surface area (Å²) in [6.07, 6.45) is 9.23. The van der Waals surface area contributed by atoms with Gasteiger partial charge in [-0.2, -0.15) is 0 Å². The van der Waals surface area contributed by atoms with E-state index in [1.165, 1.54) is 6.08 Å². The molecule has 2 N–H and O–H groups in total. The quantitative estimate of drug-likeness (QED) is 0.240. The fourth-order valence-electron chi connectivity index (χ4n) is 14.8. The summed E-state index contributed by atoms with van der Waals surface area (Å²) >= 11 is 0. The largest absolute Gasteiger partial charge is 0.455 e. The van der Waals surface area contributed by atoms with E-state index in [0.717, 1.165) is 50.5 Å². The van der Waals surface area contributed by atoms with Crippen LogP contribution in [0.1, 0.15) is 112 Å². The van der Waals surface area contributed by atoms with Gasteiger partial charge in [0.1, 0.15) is 6.10 Å². The summed E-state index contributed by atoms with van der Waals surface area (Å²) < 4.78 is 20.6. The Hall–Kier alpha value is -2.48. The van der Waals surface area contributed by atoms with E-state index in [-0.39, 0.29) is 45.5 Å². The minimum atomic E-state index is -0.872. The monoisotopic (exact) mass is 700 g/mol. The van der Waals surface area contributed by atoms with Crippen molar-refractivity contribution in [1.82, 2.24) is 0 Å². The Morgan fingerprint density at radius 2 is 1.61 bits per heavy atom. The van der Waals surface area contributed by atoms with Gasteiger partial charge in [0.15, 0.2) is 6.10 Å². The first-order chi connectivity index (χ1) is 24.0. The van der Waals surface area contributed by atoms with E-state index in [4.69, 9.17) is 14.2 Å². The van der Waals surface area contributed by atoms with E-state index in [1.54, 1.807) is 19.1 Å². The van der Waals surface area contributed by atoms with Crippen LogP contribution >= 0.6 is 0 Å². The maximum atomic E-state index is 13.8. The van der Waals surface area contributed by atoms with Gasteiger partial charge in [-0.3, -0.25) is 0 Å². The molecule has 1 aliphatic heterocycles. The normalized spacial score (nSPS) is 50.6. The SMILES string of the molecule is C/C=C(/C)C(=O)O[C@@H]1C2[C@H]3O[C@]45CCC6[C@@]7(C)CC[C@H](O)C(C)(C)C7CC[C@@]6(C)[C@]4(C)C[C@@H](O)[C@]3(C5C[C@@H]2C)[C@H]1OC(=O)/C=C\c1ccccc1. The standard InChI is InChI=1S/C44H60O7/c1-9-25(2)38(48)50-35-34-26(3)23-30-43-22-18-29-40(6)20-19-31(45)39(4,5)28(40)17-21-41(29,7)42(43,8)24-32(46)44(30,36(34)51-43)37(35)49-33(47)16-15-27-13-11-10-12-14-27/h9-16,26,28-32,34-37,45-46H,17-24H2,1-8H3/b16-15-,25-9-/t26-,28?,29?,30?,31-,32+,34?,35+,36+,37-,40-,41+,42-,43-,44-/m0/s1. The Kier molecular flexibility index (Phi) is 8.02. The van der Waals surface area contributed by atoms with Crippen molar-refractivity contribution in [3.05, 3.63) is 53.6 Å². The zero-order valence-corrected chi connectivity index (χ0v) is 32.0. The van der Waals surface area contributed by atoms with Gasteiger partial charge in [-0.25, -0.2) is 9.59 Å². The Balaban J connectivity index is 1.20. The Bertz CT molecular complexity index is 1650. The molecule has 1 heterocycles. The third-order valence-corrected chi connectivity index (χ3v) is 17.4. The number of hydrogen-bond donors (Lipinski definition) is 2. The third kappa shape index (κ3) is 4.35. The van der Waals surface area contributed by atoms with Gasteiger partial charge < -0.3 is 24.4 Å². The van der Waals surface area contributed by atoms with Crippen molar-refractivity contribution in [3.63, 3.8) is 0 Å². The third-order valence-electron chi connectivity index (χ3n) is 17.4. The van der Waals surface area contributed by atoms with Crippen LogP contribution in [-0.4, -0.2) is 58.3 Å². The van der Waals surface area contributed by atoms with Crippen LogP contribution in [0.3, 0.4) is 0 Å². The second-order valence-corrected chi connectivity index (χ2v) is 19.2. The number of aliphatic hydroxyl groups excluding tert-OH is 2. The van der Waals surface area contributed by atoms with Crippen LogP contribution in [-0.2, 0) is 23.8 Å². The van der Waals surface area contributed by atoms with E-state index in [0.29, 0.717) is 23.8 Å². The van der Waals surface area contributed by atoms with Gasteiger partial charge in [0.05, 0.1) is 29.3 Å². The number of esters is 2. The number of fused-ring (bicyclic) bond motifs is 4. The van der Waals surface area contributed by atoms with E-state index in [2.05, 4.69) is 41.5 Å². The van der Waals surface area contributed by atoms with Crippen molar-refractivity contribution in [2.75, 3.05) is 0 Å². The summed E-state index contributed by atoms with van der Waals surface area (Å²) in [4.78, 5) is 27.2. The number of carbonyl (C=O) groups excluding carboxylic acids is 2. The first-order valence-electron chi connectivity index (χ1n) is 19.8. The van der Waals surface area contributed by atoms with E-state index >= 15 is 0 Å². The lowest BCUT2D eigenvalue weighted by molar-refractivity contribution is -0.299. The number of benzene rings is 1. The Labute approximate surface area is 304 Å². The van der Waals surface area contributed by atoms with Crippen molar-refractivity contribution in [2.24, 2.45) is 56.7 Å². The molecule has 7 fully saturated rings. The van der Waals surface area contributed by atoms with Crippen molar-refractivity contribution >= 4 is 18.0 Å². The molecular weight excluding hydrogens is 640 g/mol. The zero-order valence-electron chi connectivity index (χ0n) is 32.0. The lowest BCUT2D eigenvalue weighted by atomic mass is 9.31. The molecule has 7 nitrogen and oxygen atoms in total. The molecule has 5 bridgehead atoms. The number of aliphatic hydroxyl groups is 2. The summed E-state index contributed by atoms with van der Waals surface area (Å²) in [5.74, 6) is -0.145. The van der Waals surface area contributed by atoms with Gasteiger partial charge >= 0.3 is 11.9 Å². The Morgan fingerprint density at radius 1 is 0.902 bits per heavy atom. The number of hydrogen-bond acceptors (Lipinski definition) is 7. The fraction of sp³-hybridized carbons (Fsp3) is 0.727. The maximum absolute atomic E-state index is 13.8. The second kappa shape index (κ2) is 11.5. The first kappa shape index (κ1) is 35.5. The van der Waals surface area contributed by atoms with E-state index in [1.807, 2.05) is 37.3 Å². The molecule has 51 heavy (non-hydrogen) atoms. The molecule has 0 aromatic heterocycles. The van der Waals surface area contributed by atoms with Gasteiger partial charge in [-0.05, 0) is 111 Å². The summed E-state index contributed by atoms with van der Waals surface area (Å²) in [6.45, 7) is 17.8. The summed E-state index contributed by atoms with van der Waals surface area (Å²) in [6, 6.07) is 9.65. The fourth-order valence-corrected chi connectivity index (χ4v) is 14.8. The molecular formula is C44H60O7. The Morgan fingerprint density at radius 3 is 2.31 bits per heavy atom. The zero-order chi connectivity index (χ0) is 36.5. The molecule has 1 aromatic rings. The smallest absolute Gasteiger partial charge is 0.333 e. The molecule has 6 aliphatic carbocycles. The van der Waals surface area contributed by atoms with E-state index in [9.17, 15) is 19.8 Å². The molecule has 1 saturated heterocycles. The van der Waals surface area contributed by atoms with Crippen LogP contribution in [0.25, 0.3) is 6.08 Å².